The summed E-state index contributed by atoms with van der Waals surface area (Å²) in [5.41, 5.74) is 0. The van der Waals surface area contributed by atoms with Crippen molar-refractivity contribution in [1.82, 2.24) is 10.2 Å². The molecule has 2 atom stereocenters. The van der Waals surface area contributed by atoms with E-state index >= 15 is 0 Å². The van der Waals surface area contributed by atoms with Crippen LogP contribution >= 0.6 is 0 Å². The Morgan fingerprint density at radius 3 is 2.93 bits per heavy atom. The number of nitrogens with zero attached hydrogens (tertiary/aromatic N) is 1. The summed E-state index contributed by atoms with van der Waals surface area (Å²) in [4.78, 5) is 2.60. The lowest BCUT2D eigenvalue weighted by molar-refractivity contribution is 0.282. The molecule has 1 rings (SSSR count). The van der Waals surface area contributed by atoms with Crippen LogP contribution in [0, 0.1) is 0 Å². The van der Waals surface area contributed by atoms with E-state index in [1.54, 1.807) is 0 Å². The fraction of sp³-hybridized carbons (Fsp3) is 0.846. The van der Waals surface area contributed by atoms with Crippen molar-refractivity contribution >= 4 is 0 Å². The fourth-order valence-electron chi connectivity index (χ4n) is 2.30. The predicted molar refractivity (Wildman–Crippen MR) is 67.2 cm³/mol. The zero-order chi connectivity index (χ0) is 11.1. The topological polar surface area (TPSA) is 15.3 Å². The van der Waals surface area contributed by atoms with Gasteiger partial charge in [0.05, 0.1) is 0 Å². The summed E-state index contributed by atoms with van der Waals surface area (Å²) in [6, 6.07) is 1.15. The first-order valence-electron chi connectivity index (χ1n) is 6.37. The molecule has 1 fully saturated rings. The van der Waals surface area contributed by atoms with Crippen LogP contribution in [0.25, 0.3) is 0 Å². The molecule has 0 amide bonds. The van der Waals surface area contributed by atoms with Crippen LogP contribution in [0.5, 0.6) is 0 Å². The lowest BCUT2D eigenvalue weighted by Gasteiger charge is -2.21. The van der Waals surface area contributed by atoms with Gasteiger partial charge >= 0.3 is 0 Å². The average Bonchev–Trinajstić information content (AvgIpc) is 2.45. The van der Waals surface area contributed by atoms with Crippen molar-refractivity contribution in [3.05, 3.63) is 12.7 Å². The van der Waals surface area contributed by atoms with E-state index in [9.17, 15) is 0 Å². The molecule has 0 saturated carbocycles. The molecular weight excluding hydrogens is 184 g/mol. The van der Waals surface area contributed by atoms with Crippen LogP contribution in [0.4, 0.5) is 0 Å². The number of likely N-dealkylation sites (tertiary alicyclic amines) is 1. The summed E-state index contributed by atoms with van der Waals surface area (Å²) in [5, 5.41) is 3.63. The van der Waals surface area contributed by atoms with Gasteiger partial charge in [0.15, 0.2) is 0 Å². The van der Waals surface area contributed by atoms with Gasteiger partial charge in [0, 0.05) is 12.1 Å². The molecule has 2 heteroatoms. The van der Waals surface area contributed by atoms with Crippen LogP contribution in [0.2, 0.25) is 0 Å². The lowest BCUT2D eigenvalue weighted by Crippen LogP contribution is -2.36. The molecular formula is C13H26N2. The molecule has 1 aliphatic heterocycles. The number of nitrogens with one attached hydrogen (secondary N) is 1. The molecule has 15 heavy (non-hydrogen) atoms. The maximum Gasteiger partial charge on any atom is 0.0221 e. The lowest BCUT2D eigenvalue weighted by atomic mass is 10.1. The zero-order valence-electron chi connectivity index (χ0n) is 10.3. The third-order valence-corrected chi connectivity index (χ3v) is 3.21. The molecule has 0 spiro atoms. The molecule has 0 aliphatic carbocycles. The van der Waals surface area contributed by atoms with Gasteiger partial charge in [-0.05, 0) is 52.2 Å². The Morgan fingerprint density at radius 1 is 1.47 bits per heavy atom. The monoisotopic (exact) mass is 210 g/mol. The summed E-state index contributed by atoms with van der Waals surface area (Å²) in [6.07, 6.45) is 7.22. The molecule has 0 radical (unpaired) electrons. The highest BCUT2D eigenvalue weighted by Gasteiger charge is 2.16. The molecule has 0 aromatic carbocycles. The van der Waals surface area contributed by atoms with Crippen LogP contribution in [0.15, 0.2) is 12.7 Å². The number of hydrogen-bond donors (Lipinski definition) is 1. The minimum atomic E-state index is 0.452. The van der Waals surface area contributed by atoms with E-state index < -0.39 is 0 Å². The Bertz CT molecular complexity index is 179. The van der Waals surface area contributed by atoms with Gasteiger partial charge in [-0.1, -0.05) is 13.0 Å². The van der Waals surface area contributed by atoms with Gasteiger partial charge in [0.25, 0.3) is 0 Å². The highest BCUT2D eigenvalue weighted by Crippen LogP contribution is 2.12. The van der Waals surface area contributed by atoms with E-state index in [2.05, 4.69) is 30.6 Å². The maximum absolute atomic E-state index is 3.82. The number of rotatable bonds is 5. The quantitative estimate of drug-likeness (QED) is 0.701. The van der Waals surface area contributed by atoms with E-state index in [0.29, 0.717) is 12.1 Å². The second kappa shape index (κ2) is 7.02. The Kier molecular flexibility index (Phi) is 5.96. The largest absolute Gasteiger partial charge is 0.308 e. The summed E-state index contributed by atoms with van der Waals surface area (Å²) >= 11 is 0. The molecule has 0 aromatic rings. The first-order chi connectivity index (χ1) is 7.26. The van der Waals surface area contributed by atoms with Crippen LogP contribution in [-0.4, -0.2) is 36.6 Å². The molecule has 0 aromatic heterocycles. The van der Waals surface area contributed by atoms with E-state index in [1.165, 1.54) is 45.3 Å². The van der Waals surface area contributed by atoms with Crippen LogP contribution < -0.4 is 5.32 Å². The van der Waals surface area contributed by atoms with Gasteiger partial charge in [0.1, 0.15) is 0 Å². The van der Waals surface area contributed by atoms with Gasteiger partial charge in [-0.3, -0.25) is 0 Å². The fourth-order valence-corrected chi connectivity index (χ4v) is 2.30. The Hall–Kier alpha value is -0.340. The van der Waals surface area contributed by atoms with Gasteiger partial charge in [-0.25, -0.2) is 0 Å². The SMILES string of the molecule is C=CC(C)NC1CCCN(CCC)CC1. The standard InChI is InChI=1S/C13H26N2/c1-4-9-15-10-6-7-13(8-11-15)14-12(3)5-2/h5,12-14H,2,4,6-11H2,1,3H3. The molecule has 1 aliphatic rings. The number of hydrogen-bond acceptors (Lipinski definition) is 2. The summed E-state index contributed by atoms with van der Waals surface area (Å²) in [6.45, 7) is 12.1. The van der Waals surface area contributed by atoms with Crippen molar-refractivity contribution in [3.8, 4) is 0 Å². The van der Waals surface area contributed by atoms with Crippen molar-refractivity contribution in [2.45, 2.75) is 51.6 Å². The third-order valence-electron chi connectivity index (χ3n) is 3.21. The third kappa shape index (κ3) is 4.80. The normalized spacial score (nSPS) is 25.9. The minimum absolute atomic E-state index is 0.452. The van der Waals surface area contributed by atoms with Gasteiger partial charge in [-0.2, -0.15) is 0 Å². The second-order valence-electron chi connectivity index (χ2n) is 4.66. The molecule has 1 saturated heterocycles. The molecule has 2 unspecified atom stereocenters. The van der Waals surface area contributed by atoms with Gasteiger partial charge in [-0.15, -0.1) is 6.58 Å². The van der Waals surface area contributed by atoms with Gasteiger partial charge < -0.3 is 10.2 Å². The van der Waals surface area contributed by atoms with Crippen molar-refractivity contribution in [2.24, 2.45) is 0 Å². The molecule has 1 N–H and O–H groups in total. The molecule has 2 nitrogen and oxygen atoms in total. The molecule has 88 valence electrons. The second-order valence-corrected chi connectivity index (χ2v) is 4.66. The maximum atomic E-state index is 3.82. The van der Waals surface area contributed by atoms with Crippen molar-refractivity contribution in [2.75, 3.05) is 19.6 Å². The van der Waals surface area contributed by atoms with Crippen molar-refractivity contribution in [1.29, 1.82) is 0 Å². The average molecular weight is 210 g/mol. The van der Waals surface area contributed by atoms with Crippen LogP contribution in [-0.2, 0) is 0 Å². The zero-order valence-corrected chi connectivity index (χ0v) is 10.3. The Morgan fingerprint density at radius 2 is 2.27 bits per heavy atom. The van der Waals surface area contributed by atoms with Crippen molar-refractivity contribution in [3.63, 3.8) is 0 Å². The predicted octanol–water partition coefficient (Wildman–Crippen LogP) is 2.42. The van der Waals surface area contributed by atoms with Gasteiger partial charge in [0.2, 0.25) is 0 Å². The Labute approximate surface area is 94.7 Å². The molecule has 1 heterocycles. The summed E-state index contributed by atoms with van der Waals surface area (Å²) in [5.74, 6) is 0. The van der Waals surface area contributed by atoms with E-state index in [1.807, 2.05) is 6.08 Å². The highest BCUT2D eigenvalue weighted by molar-refractivity contribution is 4.85. The summed E-state index contributed by atoms with van der Waals surface area (Å²) in [7, 11) is 0. The van der Waals surface area contributed by atoms with Crippen LogP contribution in [0.3, 0.4) is 0 Å². The Balaban J connectivity index is 2.28. The first-order valence-corrected chi connectivity index (χ1v) is 6.37. The van der Waals surface area contributed by atoms with Crippen molar-refractivity contribution < 1.29 is 0 Å². The van der Waals surface area contributed by atoms with E-state index in [0.717, 1.165) is 0 Å². The smallest absolute Gasteiger partial charge is 0.0221 e. The highest BCUT2D eigenvalue weighted by atomic mass is 15.1. The molecule has 0 bridgehead atoms. The van der Waals surface area contributed by atoms with E-state index in [-0.39, 0.29) is 0 Å². The summed E-state index contributed by atoms with van der Waals surface area (Å²) < 4.78 is 0. The first kappa shape index (κ1) is 12.7. The van der Waals surface area contributed by atoms with Crippen LogP contribution in [0.1, 0.15) is 39.5 Å². The van der Waals surface area contributed by atoms with E-state index in [4.69, 9.17) is 0 Å². The minimum Gasteiger partial charge on any atom is -0.308 e.